The normalized spacial score (nSPS) is 11.7. The van der Waals surface area contributed by atoms with E-state index in [9.17, 15) is 9.59 Å². The maximum atomic E-state index is 11.4. The van der Waals surface area contributed by atoms with Gasteiger partial charge in [0.15, 0.2) is 5.12 Å². The topological polar surface area (TPSA) is 43.4 Å². The molecule has 0 spiro atoms. The minimum atomic E-state index is -0.384. The Morgan fingerprint density at radius 1 is 1.05 bits per heavy atom. The summed E-state index contributed by atoms with van der Waals surface area (Å²) < 4.78 is 5.24. The van der Waals surface area contributed by atoms with Crippen LogP contribution in [0.15, 0.2) is 0 Å². The predicted molar refractivity (Wildman–Crippen MR) is 81.2 cm³/mol. The molecule has 0 atom stereocenters. The van der Waals surface area contributed by atoms with Crippen molar-refractivity contribution < 1.29 is 14.3 Å². The fourth-order valence-corrected chi connectivity index (χ4v) is 2.34. The van der Waals surface area contributed by atoms with Crippen molar-refractivity contribution in [3.05, 3.63) is 0 Å². The van der Waals surface area contributed by atoms with Crippen LogP contribution in [-0.2, 0) is 14.3 Å². The van der Waals surface area contributed by atoms with E-state index in [0.717, 1.165) is 31.4 Å². The maximum absolute atomic E-state index is 11.4. The van der Waals surface area contributed by atoms with Gasteiger partial charge in [0, 0.05) is 18.1 Å². The highest BCUT2D eigenvalue weighted by atomic mass is 32.2. The summed E-state index contributed by atoms with van der Waals surface area (Å²) in [5, 5.41) is 0.272. The van der Waals surface area contributed by atoms with Crippen LogP contribution in [0, 0.1) is 5.92 Å². The Labute approximate surface area is 121 Å². The number of carbonyl (C=O) groups is 2. The van der Waals surface area contributed by atoms with Crippen molar-refractivity contribution in [2.45, 2.75) is 72.3 Å². The molecule has 0 unspecified atom stereocenters. The summed E-state index contributed by atoms with van der Waals surface area (Å²) in [6.07, 6.45) is 4.50. The molecular weight excluding hydrogens is 260 g/mol. The van der Waals surface area contributed by atoms with E-state index in [4.69, 9.17) is 4.74 Å². The lowest BCUT2D eigenvalue weighted by Gasteiger charge is -2.19. The zero-order valence-corrected chi connectivity index (χ0v) is 13.8. The molecule has 0 bridgehead atoms. The third kappa shape index (κ3) is 12.3. The van der Waals surface area contributed by atoms with E-state index >= 15 is 0 Å². The summed E-state index contributed by atoms with van der Waals surface area (Å²) in [4.78, 5) is 22.8. The smallest absolute Gasteiger partial charge is 0.306 e. The Hall–Kier alpha value is -0.510. The van der Waals surface area contributed by atoms with Crippen molar-refractivity contribution >= 4 is 22.8 Å². The predicted octanol–water partition coefficient (Wildman–Crippen LogP) is 4.19. The van der Waals surface area contributed by atoms with Crippen LogP contribution in [0.25, 0.3) is 0 Å². The van der Waals surface area contributed by atoms with Crippen molar-refractivity contribution in [2.24, 2.45) is 5.92 Å². The Bertz CT molecular complexity index is 280. The fraction of sp³-hybridized carbons (Fsp3) is 0.867. The van der Waals surface area contributed by atoms with Crippen LogP contribution >= 0.6 is 11.8 Å². The van der Waals surface area contributed by atoms with Crippen LogP contribution < -0.4 is 0 Å². The fourth-order valence-electron chi connectivity index (χ4n) is 1.46. The second kappa shape index (κ2) is 9.40. The number of rotatable bonds is 8. The summed E-state index contributed by atoms with van der Waals surface area (Å²) in [7, 11) is 0. The summed E-state index contributed by atoms with van der Waals surface area (Å²) in [5.74, 6) is 0.901. The molecule has 112 valence electrons. The first-order valence-corrected chi connectivity index (χ1v) is 8.09. The minimum absolute atomic E-state index is 0.114. The lowest BCUT2D eigenvalue weighted by molar-refractivity contribution is -0.154. The van der Waals surface area contributed by atoms with Crippen molar-refractivity contribution in [3.8, 4) is 0 Å². The molecule has 0 radical (unpaired) electrons. The van der Waals surface area contributed by atoms with Crippen LogP contribution in [0.3, 0.4) is 0 Å². The molecule has 0 heterocycles. The molecule has 0 aromatic carbocycles. The van der Waals surface area contributed by atoms with Gasteiger partial charge in [-0.3, -0.25) is 9.59 Å². The largest absolute Gasteiger partial charge is 0.460 e. The van der Waals surface area contributed by atoms with Crippen molar-refractivity contribution in [3.63, 3.8) is 0 Å². The summed E-state index contributed by atoms with van der Waals surface area (Å²) in [5.41, 5.74) is -0.384. The number of ether oxygens (including phenoxy) is 1. The van der Waals surface area contributed by atoms with Crippen LogP contribution in [-0.4, -0.2) is 22.4 Å². The second-order valence-corrected chi connectivity index (χ2v) is 7.17. The van der Waals surface area contributed by atoms with Gasteiger partial charge in [0.05, 0.1) is 0 Å². The van der Waals surface area contributed by atoms with E-state index in [0.29, 0.717) is 6.42 Å². The molecule has 0 aliphatic carbocycles. The number of thioether (sulfide) groups is 1. The van der Waals surface area contributed by atoms with Gasteiger partial charge in [-0.05, 0) is 33.6 Å². The van der Waals surface area contributed by atoms with Gasteiger partial charge in [0.25, 0.3) is 0 Å². The molecule has 0 saturated carbocycles. The number of esters is 1. The molecule has 0 aliphatic rings. The molecule has 4 heteroatoms. The zero-order valence-electron chi connectivity index (χ0n) is 13.0. The van der Waals surface area contributed by atoms with Gasteiger partial charge >= 0.3 is 5.97 Å². The van der Waals surface area contributed by atoms with E-state index in [1.54, 1.807) is 0 Å². The van der Waals surface area contributed by atoms with Crippen LogP contribution in [0.4, 0.5) is 0 Å². The van der Waals surface area contributed by atoms with Crippen LogP contribution in [0.2, 0.25) is 0 Å². The Morgan fingerprint density at radius 3 is 2.16 bits per heavy atom. The Balaban J connectivity index is 3.41. The number of carbonyl (C=O) groups excluding carboxylic acids is 2. The van der Waals surface area contributed by atoms with Crippen LogP contribution in [0.1, 0.15) is 66.7 Å². The average molecular weight is 288 g/mol. The van der Waals surface area contributed by atoms with E-state index in [-0.39, 0.29) is 22.6 Å². The molecule has 0 aliphatic heterocycles. The molecule has 0 N–H and O–H groups in total. The standard InChI is InChI=1S/C15H28O3S/c1-12(2)14(17)19-11-9-7-6-8-10-13(16)18-15(3,4)5/h12H,6-11H2,1-5H3. The van der Waals surface area contributed by atoms with Gasteiger partial charge in [-0.2, -0.15) is 0 Å². The molecule has 0 saturated heterocycles. The number of hydrogen-bond acceptors (Lipinski definition) is 4. The van der Waals surface area contributed by atoms with Crippen molar-refractivity contribution in [1.29, 1.82) is 0 Å². The van der Waals surface area contributed by atoms with Crippen molar-refractivity contribution in [2.75, 3.05) is 5.75 Å². The highest BCUT2D eigenvalue weighted by Gasteiger charge is 2.15. The lowest BCUT2D eigenvalue weighted by atomic mass is 10.1. The molecule has 3 nitrogen and oxygen atoms in total. The van der Waals surface area contributed by atoms with Crippen LogP contribution in [0.5, 0.6) is 0 Å². The second-order valence-electron chi connectivity index (χ2n) is 6.07. The summed E-state index contributed by atoms with van der Waals surface area (Å²) in [6, 6.07) is 0. The third-order valence-electron chi connectivity index (χ3n) is 2.41. The Morgan fingerprint density at radius 2 is 1.63 bits per heavy atom. The molecule has 0 rings (SSSR count). The molecular formula is C15H28O3S. The first-order chi connectivity index (χ1) is 8.72. The third-order valence-corrected chi connectivity index (χ3v) is 3.66. The van der Waals surface area contributed by atoms with E-state index in [2.05, 4.69) is 0 Å². The molecule has 0 fully saturated rings. The summed E-state index contributed by atoms with van der Waals surface area (Å²) >= 11 is 1.43. The summed E-state index contributed by atoms with van der Waals surface area (Å²) in [6.45, 7) is 9.50. The van der Waals surface area contributed by atoms with E-state index in [1.807, 2.05) is 34.6 Å². The average Bonchev–Trinajstić information content (AvgIpc) is 2.24. The van der Waals surface area contributed by atoms with Gasteiger partial charge < -0.3 is 4.74 Å². The first-order valence-electron chi connectivity index (χ1n) is 7.11. The quantitative estimate of drug-likeness (QED) is 0.496. The molecule has 0 aromatic rings. The SMILES string of the molecule is CC(C)C(=O)SCCCCCCC(=O)OC(C)(C)C. The molecule has 0 amide bonds. The maximum Gasteiger partial charge on any atom is 0.306 e. The highest BCUT2D eigenvalue weighted by Crippen LogP contribution is 2.15. The van der Waals surface area contributed by atoms with Gasteiger partial charge in [-0.1, -0.05) is 38.5 Å². The Kier molecular flexibility index (Phi) is 9.15. The molecule has 0 aromatic heterocycles. The highest BCUT2D eigenvalue weighted by molar-refractivity contribution is 8.13. The van der Waals surface area contributed by atoms with Crippen molar-refractivity contribution in [1.82, 2.24) is 0 Å². The van der Waals surface area contributed by atoms with Gasteiger partial charge in [-0.15, -0.1) is 0 Å². The van der Waals surface area contributed by atoms with Gasteiger partial charge in [0.1, 0.15) is 5.60 Å². The number of unbranched alkanes of at least 4 members (excludes halogenated alkanes) is 3. The van der Waals surface area contributed by atoms with Gasteiger partial charge in [-0.25, -0.2) is 0 Å². The van der Waals surface area contributed by atoms with E-state index < -0.39 is 0 Å². The van der Waals surface area contributed by atoms with E-state index in [1.165, 1.54) is 11.8 Å². The zero-order chi connectivity index (χ0) is 14.9. The number of hydrogen-bond donors (Lipinski definition) is 0. The monoisotopic (exact) mass is 288 g/mol. The minimum Gasteiger partial charge on any atom is -0.460 e. The molecule has 19 heavy (non-hydrogen) atoms. The lowest BCUT2D eigenvalue weighted by Crippen LogP contribution is -2.23. The van der Waals surface area contributed by atoms with Gasteiger partial charge in [0.2, 0.25) is 0 Å². The first kappa shape index (κ1) is 18.5.